The van der Waals surface area contributed by atoms with E-state index >= 15 is 0 Å². The van der Waals surface area contributed by atoms with Gasteiger partial charge in [-0.25, -0.2) is 0 Å². The van der Waals surface area contributed by atoms with Gasteiger partial charge in [-0.1, -0.05) is 45.0 Å². The summed E-state index contributed by atoms with van der Waals surface area (Å²) in [7, 11) is 0.673. The van der Waals surface area contributed by atoms with Crippen molar-refractivity contribution in [2.45, 2.75) is 26.2 Å². The van der Waals surface area contributed by atoms with Gasteiger partial charge in [-0.15, -0.1) is 0 Å². The number of hydrogen-bond acceptors (Lipinski definition) is 2. The topological polar surface area (TPSA) is 29.5 Å². The predicted molar refractivity (Wildman–Crippen MR) is 59.8 cm³/mol. The molecule has 0 unspecified atom stereocenters. The fourth-order valence-corrected chi connectivity index (χ4v) is 1.28. The lowest BCUT2D eigenvalue weighted by Gasteiger charge is -2.19. The van der Waals surface area contributed by atoms with E-state index in [4.69, 9.17) is 4.65 Å². The Morgan fingerprint density at radius 2 is 1.64 bits per heavy atom. The molecule has 1 N–H and O–H groups in total. The SMILES string of the molecule is COB(O)c1ccc(C(C)(C)C)cc1. The van der Waals surface area contributed by atoms with Gasteiger partial charge in [0, 0.05) is 7.11 Å². The van der Waals surface area contributed by atoms with E-state index in [9.17, 15) is 5.02 Å². The summed E-state index contributed by atoms with van der Waals surface area (Å²) >= 11 is 0. The van der Waals surface area contributed by atoms with E-state index in [-0.39, 0.29) is 5.41 Å². The second-order valence-corrected chi connectivity index (χ2v) is 4.46. The molecule has 0 saturated heterocycles. The van der Waals surface area contributed by atoms with Crippen molar-refractivity contribution in [3.63, 3.8) is 0 Å². The van der Waals surface area contributed by atoms with Crippen LogP contribution in [0.2, 0.25) is 0 Å². The molecule has 0 aliphatic heterocycles. The minimum atomic E-state index is -0.816. The summed E-state index contributed by atoms with van der Waals surface area (Å²) in [5, 5.41) is 9.40. The molecule has 0 aliphatic carbocycles. The second-order valence-electron chi connectivity index (χ2n) is 4.46. The molecule has 1 aromatic carbocycles. The Hall–Kier alpha value is -0.795. The highest BCUT2D eigenvalue weighted by Crippen LogP contribution is 2.20. The monoisotopic (exact) mass is 192 g/mol. The Morgan fingerprint density at radius 1 is 1.14 bits per heavy atom. The van der Waals surface area contributed by atoms with Gasteiger partial charge in [0.15, 0.2) is 0 Å². The number of benzene rings is 1. The van der Waals surface area contributed by atoms with Crippen LogP contribution in [0.1, 0.15) is 26.3 Å². The first-order chi connectivity index (χ1) is 6.45. The molecule has 0 fully saturated rings. The van der Waals surface area contributed by atoms with Gasteiger partial charge in [0.1, 0.15) is 0 Å². The molecule has 3 heteroatoms. The van der Waals surface area contributed by atoms with E-state index in [1.165, 1.54) is 12.7 Å². The molecule has 0 radical (unpaired) electrons. The lowest BCUT2D eigenvalue weighted by molar-refractivity contribution is 0.341. The van der Waals surface area contributed by atoms with Gasteiger partial charge >= 0.3 is 7.12 Å². The molecule has 0 spiro atoms. The molecular weight excluding hydrogens is 175 g/mol. The molecule has 2 nitrogen and oxygen atoms in total. The molecule has 0 heterocycles. The van der Waals surface area contributed by atoms with Gasteiger partial charge < -0.3 is 9.68 Å². The summed E-state index contributed by atoms with van der Waals surface area (Å²) in [5.74, 6) is 0. The van der Waals surface area contributed by atoms with Gasteiger partial charge in [0.05, 0.1) is 0 Å². The first-order valence-corrected chi connectivity index (χ1v) is 4.76. The highest BCUT2D eigenvalue weighted by Gasteiger charge is 2.17. The van der Waals surface area contributed by atoms with Crippen LogP contribution in [-0.4, -0.2) is 19.3 Å². The molecule has 0 saturated carbocycles. The lowest BCUT2D eigenvalue weighted by Crippen LogP contribution is -2.32. The maximum Gasteiger partial charge on any atom is 0.490 e. The lowest BCUT2D eigenvalue weighted by atomic mass is 9.77. The smallest absolute Gasteiger partial charge is 0.423 e. The third-order valence-electron chi connectivity index (χ3n) is 2.29. The average Bonchev–Trinajstić information content (AvgIpc) is 2.15. The molecule has 0 bridgehead atoms. The van der Waals surface area contributed by atoms with Crippen LogP contribution < -0.4 is 5.46 Å². The normalized spacial score (nSPS) is 11.5. The summed E-state index contributed by atoms with van der Waals surface area (Å²) in [5.41, 5.74) is 2.20. The maximum absolute atomic E-state index is 9.40. The Labute approximate surface area is 86.1 Å². The van der Waals surface area contributed by atoms with Crippen molar-refractivity contribution < 1.29 is 9.68 Å². The van der Waals surface area contributed by atoms with E-state index < -0.39 is 7.12 Å². The van der Waals surface area contributed by atoms with Crippen LogP contribution in [0.5, 0.6) is 0 Å². The molecule has 1 rings (SSSR count). The Kier molecular flexibility index (Phi) is 3.35. The summed E-state index contributed by atoms with van der Waals surface area (Å²) in [6.45, 7) is 6.48. The van der Waals surface area contributed by atoms with Crippen LogP contribution in [-0.2, 0) is 10.1 Å². The van der Waals surface area contributed by atoms with Crippen molar-refractivity contribution in [3.8, 4) is 0 Å². The van der Waals surface area contributed by atoms with Gasteiger partial charge in [-0.3, -0.25) is 0 Å². The molecule has 0 amide bonds. The summed E-state index contributed by atoms with van der Waals surface area (Å²) in [6.07, 6.45) is 0. The van der Waals surface area contributed by atoms with E-state index in [0.29, 0.717) is 0 Å². The van der Waals surface area contributed by atoms with Crippen LogP contribution >= 0.6 is 0 Å². The summed E-state index contributed by atoms with van der Waals surface area (Å²) in [6, 6.07) is 7.85. The molecule has 76 valence electrons. The highest BCUT2D eigenvalue weighted by atomic mass is 16.5. The average molecular weight is 192 g/mol. The number of rotatable bonds is 2. The maximum atomic E-state index is 9.40. The largest absolute Gasteiger partial charge is 0.490 e. The van der Waals surface area contributed by atoms with Crippen LogP contribution in [0.4, 0.5) is 0 Å². The number of hydrogen-bond donors (Lipinski definition) is 1. The van der Waals surface area contributed by atoms with Crippen molar-refractivity contribution in [1.29, 1.82) is 0 Å². The molecular formula is C11H17BO2. The van der Waals surface area contributed by atoms with E-state index in [0.717, 1.165) is 5.46 Å². The third-order valence-corrected chi connectivity index (χ3v) is 2.29. The predicted octanol–water partition coefficient (Wildman–Crippen LogP) is 1.32. The van der Waals surface area contributed by atoms with E-state index in [1.807, 2.05) is 24.3 Å². The second kappa shape index (κ2) is 4.15. The molecule has 0 aromatic heterocycles. The van der Waals surface area contributed by atoms with Crippen LogP contribution in [0, 0.1) is 0 Å². The quantitative estimate of drug-likeness (QED) is 0.716. The first kappa shape index (κ1) is 11.3. The molecule has 14 heavy (non-hydrogen) atoms. The Morgan fingerprint density at radius 3 is 2.00 bits per heavy atom. The first-order valence-electron chi connectivity index (χ1n) is 4.76. The zero-order valence-corrected chi connectivity index (χ0v) is 9.24. The van der Waals surface area contributed by atoms with Gasteiger partial charge in [0.25, 0.3) is 0 Å². The molecule has 0 atom stereocenters. The third kappa shape index (κ3) is 2.60. The van der Waals surface area contributed by atoms with Crippen molar-refractivity contribution in [2.24, 2.45) is 0 Å². The fraction of sp³-hybridized carbons (Fsp3) is 0.455. The molecule has 0 aliphatic rings. The van der Waals surface area contributed by atoms with Crippen LogP contribution in [0.25, 0.3) is 0 Å². The minimum Gasteiger partial charge on any atom is -0.423 e. The van der Waals surface area contributed by atoms with Crippen molar-refractivity contribution >= 4 is 12.6 Å². The Balaban J connectivity index is 2.89. The van der Waals surface area contributed by atoms with Crippen LogP contribution in [0.15, 0.2) is 24.3 Å². The van der Waals surface area contributed by atoms with Gasteiger partial charge in [-0.2, -0.15) is 0 Å². The summed E-state index contributed by atoms with van der Waals surface area (Å²) in [4.78, 5) is 0. The highest BCUT2D eigenvalue weighted by molar-refractivity contribution is 6.59. The van der Waals surface area contributed by atoms with E-state index in [2.05, 4.69) is 20.8 Å². The van der Waals surface area contributed by atoms with Crippen molar-refractivity contribution in [3.05, 3.63) is 29.8 Å². The van der Waals surface area contributed by atoms with Crippen LogP contribution in [0.3, 0.4) is 0 Å². The molecule has 1 aromatic rings. The minimum absolute atomic E-state index is 0.149. The Bertz CT molecular complexity index is 287. The van der Waals surface area contributed by atoms with Crippen molar-refractivity contribution in [1.82, 2.24) is 0 Å². The standard InChI is InChI=1S/C11H17BO2/c1-11(2,3)9-5-7-10(8-6-9)12(13)14-4/h5-8,13H,1-4H3. The summed E-state index contributed by atoms with van der Waals surface area (Å²) < 4.78 is 4.82. The van der Waals surface area contributed by atoms with Gasteiger partial charge in [-0.05, 0) is 16.4 Å². The zero-order chi connectivity index (χ0) is 10.8. The zero-order valence-electron chi connectivity index (χ0n) is 9.24. The fourth-order valence-electron chi connectivity index (χ4n) is 1.28. The van der Waals surface area contributed by atoms with Crippen molar-refractivity contribution in [2.75, 3.05) is 7.11 Å². The van der Waals surface area contributed by atoms with E-state index in [1.54, 1.807) is 0 Å². The van der Waals surface area contributed by atoms with Gasteiger partial charge in [0.2, 0.25) is 0 Å².